The van der Waals surface area contributed by atoms with Crippen molar-refractivity contribution >= 4 is 5.91 Å². The van der Waals surface area contributed by atoms with Gasteiger partial charge in [-0.05, 0) is 39.0 Å². The molecule has 3 nitrogen and oxygen atoms in total. The van der Waals surface area contributed by atoms with E-state index in [1.807, 2.05) is 11.8 Å². The van der Waals surface area contributed by atoms with Gasteiger partial charge in [-0.2, -0.15) is 0 Å². The lowest BCUT2D eigenvalue weighted by Gasteiger charge is -2.27. The van der Waals surface area contributed by atoms with E-state index in [1.165, 1.54) is 25.7 Å². The van der Waals surface area contributed by atoms with Gasteiger partial charge in [-0.3, -0.25) is 4.79 Å². The first-order chi connectivity index (χ1) is 8.50. The second-order valence-corrected chi connectivity index (χ2v) is 6.16. The summed E-state index contributed by atoms with van der Waals surface area (Å²) in [6.07, 6.45) is 6.00. The third-order valence-corrected chi connectivity index (χ3v) is 3.65. The van der Waals surface area contributed by atoms with Gasteiger partial charge in [0.25, 0.3) is 0 Å². The number of amides is 1. The summed E-state index contributed by atoms with van der Waals surface area (Å²) in [5.74, 6) is 0.959. The molecule has 18 heavy (non-hydrogen) atoms. The van der Waals surface area contributed by atoms with Crippen LogP contribution in [0.25, 0.3) is 0 Å². The molecule has 0 aliphatic carbocycles. The van der Waals surface area contributed by atoms with Gasteiger partial charge in [-0.1, -0.05) is 26.7 Å². The van der Waals surface area contributed by atoms with Crippen LogP contribution in [0.1, 0.15) is 59.8 Å². The second-order valence-electron chi connectivity index (χ2n) is 6.16. The molecule has 1 heterocycles. The predicted octanol–water partition coefficient (Wildman–Crippen LogP) is 2.80. The Morgan fingerprint density at radius 3 is 2.11 bits per heavy atom. The smallest absolute Gasteiger partial charge is 0.239 e. The van der Waals surface area contributed by atoms with E-state index in [-0.39, 0.29) is 11.9 Å². The molecule has 1 aliphatic heterocycles. The van der Waals surface area contributed by atoms with Crippen molar-refractivity contribution in [2.75, 3.05) is 13.1 Å². The standard InChI is InChI=1S/C15H30N2O/c1-12(2)11-13(3)16-14(4)15(18)17-9-7-5-6-8-10-17/h12-14,16H,5-11H2,1-4H3. The monoisotopic (exact) mass is 254 g/mol. The molecule has 1 N–H and O–H groups in total. The minimum absolute atomic E-state index is 0.0446. The summed E-state index contributed by atoms with van der Waals surface area (Å²) in [5, 5.41) is 3.44. The molecule has 1 rings (SSSR count). The highest BCUT2D eigenvalue weighted by molar-refractivity contribution is 5.81. The summed E-state index contributed by atoms with van der Waals surface area (Å²) < 4.78 is 0. The molecule has 1 aliphatic rings. The van der Waals surface area contributed by atoms with Gasteiger partial charge in [-0.15, -0.1) is 0 Å². The van der Waals surface area contributed by atoms with Crippen LogP contribution < -0.4 is 5.32 Å². The number of likely N-dealkylation sites (tertiary alicyclic amines) is 1. The van der Waals surface area contributed by atoms with E-state index in [1.54, 1.807) is 0 Å². The van der Waals surface area contributed by atoms with Crippen LogP contribution in [0, 0.1) is 5.92 Å². The molecule has 1 fully saturated rings. The Labute approximate surface area is 112 Å². The molecular weight excluding hydrogens is 224 g/mol. The number of nitrogens with zero attached hydrogens (tertiary/aromatic N) is 1. The van der Waals surface area contributed by atoms with Crippen LogP contribution >= 0.6 is 0 Å². The maximum absolute atomic E-state index is 12.3. The number of carbonyl (C=O) groups is 1. The lowest BCUT2D eigenvalue weighted by Crippen LogP contribution is -2.48. The molecule has 0 aromatic carbocycles. The third kappa shape index (κ3) is 5.38. The van der Waals surface area contributed by atoms with E-state index in [2.05, 4.69) is 26.1 Å². The molecule has 2 atom stereocenters. The zero-order valence-electron chi connectivity index (χ0n) is 12.5. The Morgan fingerprint density at radius 1 is 1.06 bits per heavy atom. The SMILES string of the molecule is CC(C)CC(C)NC(C)C(=O)N1CCCCCC1. The zero-order valence-corrected chi connectivity index (χ0v) is 12.5. The third-order valence-electron chi connectivity index (χ3n) is 3.65. The summed E-state index contributed by atoms with van der Waals surface area (Å²) in [5.41, 5.74) is 0. The van der Waals surface area contributed by atoms with Gasteiger partial charge in [0.2, 0.25) is 5.91 Å². The molecule has 106 valence electrons. The van der Waals surface area contributed by atoms with Gasteiger partial charge < -0.3 is 10.2 Å². The molecule has 0 radical (unpaired) electrons. The Kier molecular flexibility index (Phi) is 6.69. The summed E-state index contributed by atoms with van der Waals surface area (Å²) >= 11 is 0. The van der Waals surface area contributed by atoms with E-state index < -0.39 is 0 Å². The molecule has 0 saturated carbocycles. The fraction of sp³-hybridized carbons (Fsp3) is 0.933. The predicted molar refractivity (Wildman–Crippen MR) is 76.6 cm³/mol. The topological polar surface area (TPSA) is 32.3 Å². The van der Waals surface area contributed by atoms with Crippen LogP contribution in [-0.4, -0.2) is 36.0 Å². The van der Waals surface area contributed by atoms with Gasteiger partial charge in [0.1, 0.15) is 0 Å². The Bertz CT molecular complexity index is 245. The van der Waals surface area contributed by atoms with E-state index in [4.69, 9.17) is 0 Å². The fourth-order valence-electron chi connectivity index (χ4n) is 2.84. The molecule has 0 spiro atoms. The lowest BCUT2D eigenvalue weighted by molar-refractivity contribution is -0.133. The van der Waals surface area contributed by atoms with Crippen LogP contribution in [0.5, 0.6) is 0 Å². The van der Waals surface area contributed by atoms with Crippen LogP contribution in [0.15, 0.2) is 0 Å². The highest BCUT2D eigenvalue weighted by Crippen LogP contribution is 2.11. The average Bonchev–Trinajstić information content (AvgIpc) is 2.55. The van der Waals surface area contributed by atoms with Crippen LogP contribution in [0.4, 0.5) is 0 Å². The molecule has 0 aromatic heterocycles. The Hall–Kier alpha value is -0.570. The Morgan fingerprint density at radius 2 is 1.61 bits per heavy atom. The van der Waals surface area contributed by atoms with Crippen molar-refractivity contribution in [2.45, 2.75) is 71.9 Å². The van der Waals surface area contributed by atoms with Crippen molar-refractivity contribution in [1.29, 1.82) is 0 Å². The van der Waals surface area contributed by atoms with E-state index in [0.717, 1.165) is 19.5 Å². The molecule has 1 saturated heterocycles. The summed E-state index contributed by atoms with van der Waals surface area (Å²) in [6, 6.07) is 0.368. The van der Waals surface area contributed by atoms with Crippen LogP contribution in [0.3, 0.4) is 0 Å². The van der Waals surface area contributed by atoms with Crippen molar-refractivity contribution < 1.29 is 4.79 Å². The summed E-state index contributed by atoms with van der Waals surface area (Å²) in [4.78, 5) is 14.4. The van der Waals surface area contributed by atoms with Crippen LogP contribution in [-0.2, 0) is 4.79 Å². The maximum Gasteiger partial charge on any atom is 0.239 e. The number of carbonyl (C=O) groups excluding carboxylic acids is 1. The highest BCUT2D eigenvalue weighted by atomic mass is 16.2. The average molecular weight is 254 g/mol. The molecule has 0 aromatic rings. The van der Waals surface area contributed by atoms with Crippen molar-refractivity contribution in [3.05, 3.63) is 0 Å². The molecular formula is C15H30N2O. The second kappa shape index (κ2) is 7.78. The normalized spacial score (nSPS) is 20.6. The van der Waals surface area contributed by atoms with Crippen LogP contribution in [0.2, 0.25) is 0 Å². The largest absolute Gasteiger partial charge is 0.341 e. The van der Waals surface area contributed by atoms with Gasteiger partial charge >= 0.3 is 0 Å². The highest BCUT2D eigenvalue weighted by Gasteiger charge is 2.22. The van der Waals surface area contributed by atoms with Crippen molar-refractivity contribution in [3.8, 4) is 0 Å². The van der Waals surface area contributed by atoms with Crippen molar-refractivity contribution in [1.82, 2.24) is 10.2 Å². The van der Waals surface area contributed by atoms with Gasteiger partial charge in [0.05, 0.1) is 6.04 Å². The van der Waals surface area contributed by atoms with Gasteiger partial charge in [0.15, 0.2) is 0 Å². The fourth-order valence-corrected chi connectivity index (χ4v) is 2.84. The molecule has 3 heteroatoms. The van der Waals surface area contributed by atoms with E-state index >= 15 is 0 Å². The van der Waals surface area contributed by atoms with Gasteiger partial charge in [-0.25, -0.2) is 0 Å². The van der Waals surface area contributed by atoms with Gasteiger partial charge in [0, 0.05) is 19.1 Å². The number of nitrogens with one attached hydrogen (secondary N) is 1. The Balaban J connectivity index is 2.39. The zero-order chi connectivity index (χ0) is 13.5. The summed E-state index contributed by atoms with van der Waals surface area (Å²) in [6.45, 7) is 10.5. The summed E-state index contributed by atoms with van der Waals surface area (Å²) in [7, 11) is 0. The maximum atomic E-state index is 12.3. The first kappa shape index (κ1) is 15.5. The van der Waals surface area contributed by atoms with E-state index in [9.17, 15) is 4.79 Å². The first-order valence-electron chi connectivity index (χ1n) is 7.55. The van der Waals surface area contributed by atoms with Crippen molar-refractivity contribution in [3.63, 3.8) is 0 Å². The number of hydrogen-bond donors (Lipinski definition) is 1. The quantitative estimate of drug-likeness (QED) is 0.818. The number of hydrogen-bond acceptors (Lipinski definition) is 2. The minimum atomic E-state index is -0.0446. The van der Waals surface area contributed by atoms with E-state index in [0.29, 0.717) is 12.0 Å². The molecule has 1 amide bonds. The number of rotatable bonds is 5. The van der Waals surface area contributed by atoms with Crippen molar-refractivity contribution in [2.24, 2.45) is 5.92 Å². The minimum Gasteiger partial charge on any atom is -0.341 e. The molecule has 2 unspecified atom stereocenters. The first-order valence-corrected chi connectivity index (χ1v) is 7.55. The lowest BCUT2D eigenvalue weighted by atomic mass is 10.0. The molecule has 0 bridgehead atoms.